The number of Topliss-reactive ketones (excluding diaryl/α,β-unsaturated/α-hetero) is 1. The molecule has 0 saturated heterocycles. The Morgan fingerprint density at radius 1 is 0.750 bits per heavy atom. The highest BCUT2D eigenvalue weighted by Crippen LogP contribution is 2.30. The summed E-state index contributed by atoms with van der Waals surface area (Å²) in [5.41, 5.74) is 2.35. The maximum absolute atomic E-state index is 13.9. The molecule has 1 heterocycles. The standard InChI is InChI=1S/C20H12FNO2/c21-16-7-4-8-17-18(16)20(23)19(22(17)24)15-11-9-14(10-12-15)13-5-2-1-3-6-13/h1-12H. The van der Waals surface area contributed by atoms with Crippen LogP contribution >= 0.6 is 0 Å². The molecule has 0 bridgehead atoms. The average Bonchev–Trinajstić information content (AvgIpc) is 2.88. The smallest absolute Gasteiger partial charge is 0.273 e. The monoisotopic (exact) mass is 317 g/mol. The van der Waals surface area contributed by atoms with Crippen LogP contribution in [0.25, 0.3) is 11.1 Å². The molecule has 0 N–H and O–H groups in total. The van der Waals surface area contributed by atoms with Gasteiger partial charge in [-0.3, -0.25) is 4.79 Å². The fourth-order valence-corrected chi connectivity index (χ4v) is 2.94. The molecule has 4 heteroatoms. The molecule has 0 aromatic heterocycles. The summed E-state index contributed by atoms with van der Waals surface area (Å²) in [6, 6.07) is 21.0. The van der Waals surface area contributed by atoms with Crippen molar-refractivity contribution in [3.63, 3.8) is 0 Å². The molecular weight excluding hydrogens is 305 g/mol. The summed E-state index contributed by atoms with van der Waals surface area (Å²) in [6.07, 6.45) is 0. The van der Waals surface area contributed by atoms with E-state index in [1.807, 2.05) is 42.5 Å². The van der Waals surface area contributed by atoms with Crippen molar-refractivity contribution in [2.45, 2.75) is 0 Å². The molecule has 0 unspecified atom stereocenters. The Hall–Kier alpha value is -3.27. The zero-order valence-electron chi connectivity index (χ0n) is 12.6. The SMILES string of the molecule is O=C1C(c2ccc(-c3ccccc3)cc2)=[N+]([O-])c2cccc(F)c21. The van der Waals surface area contributed by atoms with Crippen LogP contribution in [-0.2, 0) is 0 Å². The fraction of sp³-hybridized carbons (Fsp3) is 0. The van der Waals surface area contributed by atoms with Crippen LogP contribution in [0.2, 0.25) is 0 Å². The van der Waals surface area contributed by atoms with E-state index in [4.69, 9.17) is 0 Å². The first-order valence-corrected chi connectivity index (χ1v) is 7.50. The number of nitrogens with zero attached hydrogens (tertiary/aromatic N) is 1. The molecule has 0 atom stereocenters. The predicted molar refractivity (Wildman–Crippen MR) is 90.0 cm³/mol. The van der Waals surface area contributed by atoms with Gasteiger partial charge < -0.3 is 5.21 Å². The number of fused-ring (bicyclic) bond motifs is 1. The van der Waals surface area contributed by atoms with Gasteiger partial charge in [0.15, 0.2) is 0 Å². The van der Waals surface area contributed by atoms with E-state index in [2.05, 4.69) is 0 Å². The van der Waals surface area contributed by atoms with Crippen molar-refractivity contribution in [1.29, 1.82) is 0 Å². The molecule has 1 aliphatic heterocycles. The molecule has 3 aromatic carbocycles. The van der Waals surface area contributed by atoms with Crippen molar-refractivity contribution in [2.24, 2.45) is 0 Å². The first-order valence-electron chi connectivity index (χ1n) is 7.50. The van der Waals surface area contributed by atoms with Gasteiger partial charge in [0, 0.05) is 6.07 Å². The fourth-order valence-electron chi connectivity index (χ4n) is 2.94. The van der Waals surface area contributed by atoms with E-state index in [0.29, 0.717) is 10.3 Å². The first kappa shape index (κ1) is 14.3. The van der Waals surface area contributed by atoms with Gasteiger partial charge in [0.1, 0.15) is 11.4 Å². The largest absolute Gasteiger partial charge is 0.618 e. The summed E-state index contributed by atoms with van der Waals surface area (Å²) < 4.78 is 14.4. The third kappa shape index (κ3) is 2.12. The lowest BCUT2D eigenvalue weighted by Gasteiger charge is -2.04. The number of hydrogen-bond acceptors (Lipinski definition) is 2. The van der Waals surface area contributed by atoms with Crippen LogP contribution in [-0.4, -0.2) is 16.2 Å². The topological polar surface area (TPSA) is 43.1 Å². The van der Waals surface area contributed by atoms with E-state index in [0.717, 1.165) is 11.1 Å². The number of rotatable bonds is 2. The summed E-state index contributed by atoms with van der Waals surface area (Å²) in [5, 5.41) is 12.4. The van der Waals surface area contributed by atoms with Crippen molar-refractivity contribution in [3.05, 3.63) is 94.9 Å². The Bertz CT molecular complexity index is 976. The third-order valence-corrected chi connectivity index (χ3v) is 4.12. The summed E-state index contributed by atoms with van der Waals surface area (Å²) in [7, 11) is 0. The highest BCUT2D eigenvalue weighted by molar-refractivity contribution is 6.52. The summed E-state index contributed by atoms with van der Waals surface area (Å²) in [4.78, 5) is 12.5. The van der Waals surface area contributed by atoms with E-state index < -0.39 is 11.6 Å². The van der Waals surface area contributed by atoms with Crippen LogP contribution in [0.4, 0.5) is 10.1 Å². The van der Waals surface area contributed by atoms with E-state index in [-0.39, 0.29) is 17.0 Å². The van der Waals surface area contributed by atoms with Crippen molar-refractivity contribution >= 4 is 17.2 Å². The van der Waals surface area contributed by atoms with Gasteiger partial charge in [-0.25, -0.2) is 4.39 Å². The highest BCUT2D eigenvalue weighted by atomic mass is 19.1. The summed E-state index contributed by atoms with van der Waals surface area (Å²) in [5.74, 6) is -1.25. The quantitative estimate of drug-likeness (QED) is 0.522. The van der Waals surface area contributed by atoms with Crippen LogP contribution in [0.5, 0.6) is 0 Å². The Morgan fingerprint density at radius 3 is 2.04 bits per heavy atom. The molecule has 0 radical (unpaired) electrons. The molecule has 3 aromatic rings. The van der Waals surface area contributed by atoms with Crippen molar-refractivity contribution < 1.29 is 13.9 Å². The second-order valence-corrected chi connectivity index (χ2v) is 5.55. The molecule has 3 nitrogen and oxygen atoms in total. The zero-order chi connectivity index (χ0) is 16.7. The van der Waals surface area contributed by atoms with Gasteiger partial charge >= 0.3 is 0 Å². The van der Waals surface area contributed by atoms with E-state index >= 15 is 0 Å². The van der Waals surface area contributed by atoms with Crippen molar-refractivity contribution in [1.82, 2.24) is 0 Å². The normalized spacial score (nSPS) is 13.3. The van der Waals surface area contributed by atoms with Crippen LogP contribution in [0.3, 0.4) is 0 Å². The minimum Gasteiger partial charge on any atom is -0.618 e. The molecule has 1 aliphatic rings. The molecule has 0 saturated carbocycles. The van der Waals surface area contributed by atoms with Crippen LogP contribution in [0.15, 0.2) is 72.8 Å². The summed E-state index contributed by atoms with van der Waals surface area (Å²) in [6.45, 7) is 0. The number of ketones is 1. The second-order valence-electron chi connectivity index (χ2n) is 5.55. The van der Waals surface area contributed by atoms with Crippen LogP contribution < -0.4 is 0 Å². The molecular formula is C20H12FNO2. The minimum absolute atomic E-state index is 0.0466. The Kier molecular flexibility index (Phi) is 3.24. The van der Waals surface area contributed by atoms with Gasteiger partial charge in [0.2, 0.25) is 5.69 Å². The lowest BCUT2D eigenvalue weighted by molar-refractivity contribution is -0.355. The van der Waals surface area contributed by atoms with Crippen LogP contribution in [0, 0.1) is 11.0 Å². The number of benzene rings is 3. The molecule has 4 rings (SSSR count). The molecule has 0 amide bonds. The van der Waals surface area contributed by atoms with Gasteiger partial charge in [-0.15, -0.1) is 0 Å². The number of carbonyl (C=O) groups is 1. The van der Waals surface area contributed by atoms with Gasteiger partial charge in [0.25, 0.3) is 11.5 Å². The van der Waals surface area contributed by atoms with Gasteiger partial charge in [-0.05, 0) is 29.3 Å². The zero-order valence-corrected chi connectivity index (χ0v) is 12.6. The van der Waals surface area contributed by atoms with E-state index in [1.54, 1.807) is 12.1 Å². The molecule has 0 spiro atoms. The second kappa shape index (κ2) is 5.42. The van der Waals surface area contributed by atoms with Crippen molar-refractivity contribution in [2.75, 3.05) is 0 Å². The molecule has 24 heavy (non-hydrogen) atoms. The first-order chi connectivity index (χ1) is 11.7. The number of carbonyl (C=O) groups excluding carboxylic acids is 1. The maximum Gasteiger partial charge on any atom is 0.273 e. The average molecular weight is 317 g/mol. The van der Waals surface area contributed by atoms with Crippen LogP contribution in [0.1, 0.15) is 15.9 Å². The summed E-state index contributed by atoms with van der Waals surface area (Å²) >= 11 is 0. The van der Waals surface area contributed by atoms with Gasteiger partial charge in [-0.2, -0.15) is 4.74 Å². The predicted octanol–water partition coefficient (Wildman–Crippen LogP) is 4.32. The highest BCUT2D eigenvalue weighted by Gasteiger charge is 2.38. The number of halogens is 1. The maximum atomic E-state index is 13.9. The Balaban J connectivity index is 1.77. The minimum atomic E-state index is -0.672. The Labute approximate surface area is 137 Å². The lowest BCUT2D eigenvalue weighted by Crippen LogP contribution is -2.17. The number of hydrogen-bond donors (Lipinski definition) is 0. The molecule has 116 valence electrons. The van der Waals surface area contributed by atoms with Gasteiger partial charge in [-0.1, -0.05) is 48.5 Å². The third-order valence-electron chi connectivity index (χ3n) is 4.12. The Morgan fingerprint density at radius 2 is 1.38 bits per heavy atom. The van der Waals surface area contributed by atoms with Crippen molar-refractivity contribution in [3.8, 4) is 11.1 Å². The molecule has 0 fully saturated rings. The lowest BCUT2D eigenvalue weighted by atomic mass is 9.99. The van der Waals surface area contributed by atoms with E-state index in [9.17, 15) is 14.4 Å². The van der Waals surface area contributed by atoms with E-state index in [1.165, 1.54) is 18.2 Å². The molecule has 0 aliphatic carbocycles. The van der Waals surface area contributed by atoms with Gasteiger partial charge in [0.05, 0.1) is 5.56 Å².